The van der Waals surface area contributed by atoms with Crippen LogP contribution in [0.2, 0.25) is 0 Å². The predicted octanol–water partition coefficient (Wildman–Crippen LogP) is 1.98. The third kappa shape index (κ3) is 4.51. The van der Waals surface area contributed by atoms with Gasteiger partial charge in [0, 0.05) is 12.0 Å². The highest BCUT2D eigenvalue weighted by Crippen LogP contribution is 2.36. The molecule has 2 rings (SSSR count). The van der Waals surface area contributed by atoms with E-state index in [1.807, 2.05) is 13.8 Å². The first kappa shape index (κ1) is 20.1. The summed E-state index contributed by atoms with van der Waals surface area (Å²) in [6, 6.07) is 0. The molecule has 1 fully saturated rings. The van der Waals surface area contributed by atoms with E-state index in [1.54, 1.807) is 19.1 Å². The van der Waals surface area contributed by atoms with Gasteiger partial charge in [0.2, 0.25) is 0 Å². The summed E-state index contributed by atoms with van der Waals surface area (Å²) in [5.74, 6) is -1.67. The van der Waals surface area contributed by atoms with E-state index in [2.05, 4.69) is 6.58 Å². The van der Waals surface area contributed by atoms with E-state index < -0.39 is 42.8 Å². The van der Waals surface area contributed by atoms with E-state index in [0.29, 0.717) is 12.8 Å². The van der Waals surface area contributed by atoms with Crippen LogP contribution in [0.15, 0.2) is 47.1 Å². The Morgan fingerprint density at radius 2 is 2.00 bits per heavy atom. The molecule has 1 saturated heterocycles. The number of carbonyl (C=O) groups is 2. The Morgan fingerprint density at radius 1 is 1.35 bits per heavy atom. The minimum atomic E-state index is -0.696. The topological polar surface area (TPSA) is 93.1 Å². The van der Waals surface area contributed by atoms with Gasteiger partial charge < -0.3 is 19.7 Å². The van der Waals surface area contributed by atoms with Crippen molar-refractivity contribution < 1.29 is 29.3 Å². The highest BCUT2D eigenvalue weighted by molar-refractivity contribution is 5.92. The predicted molar refractivity (Wildman–Crippen MR) is 96.0 cm³/mol. The van der Waals surface area contributed by atoms with Gasteiger partial charge >= 0.3 is 11.9 Å². The third-order valence-corrected chi connectivity index (χ3v) is 4.68. The number of ether oxygens (including phenoxy) is 2. The molecule has 1 aliphatic heterocycles. The molecule has 6 nitrogen and oxygen atoms in total. The summed E-state index contributed by atoms with van der Waals surface area (Å²) in [7, 11) is 0. The summed E-state index contributed by atoms with van der Waals surface area (Å²) < 4.78 is 11.0. The molecule has 1 aliphatic carbocycles. The van der Waals surface area contributed by atoms with Gasteiger partial charge in [-0.15, -0.1) is 0 Å². The van der Waals surface area contributed by atoms with Crippen molar-refractivity contribution in [3.8, 4) is 0 Å². The Morgan fingerprint density at radius 3 is 2.62 bits per heavy atom. The van der Waals surface area contributed by atoms with Crippen LogP contribution in [0.3, 0.4) is 0 Å². The standard InChI is InChI=1S/C20H26O6/c1-5-14(10-21)20(24)26-17-9-12(3)7-15(22)6-11(2)8-16-18(17)13(4)19(23)25-16/h5,7-8,15-18,21-22H,4,6,9-10H2,1-3H3/b11-8+,12-7+,14-5+. The molecule has 4 unspecified atom stereocenters. The summed E-state index contributed by atoms with van der Waals surface area (Å²) in [6.45, 7) is 8.72. The monoisotopic (exact) mass is 362 g/mol. The second kappa shape index (κ2) is 8.47. The Labute approximate surface area is 153 Å². The number of carbonyl (C=O) groups excluding carboxylic acids is 2. The van der Waals surface area contributed by atoms with E-state index in [0.717, 1.165) is 11.1 Å². The van der Waals surface area contributed by atoms with Crippen LogP contribution in [0, 0.1) is 5.92 Å². The first-order valence-electron chi connectivity index (χ1n) is 8.66. The molecule has 0 saturated carbocycles. The maximum atomic E-state index is 12.3. The van der Waals surface area contributed by atoms with Crippen molar-refractivity contribution in [2.24, 2.45) is 5.92 Å². The first-order chi connectivity index (χ1) is 12.3. The molecule has 0 amide bonds. The molecule has 0 aromatic heterocycles. The van der Waals surface area contributed by atoms with Crippen molar-refractivity contribution in [2.45, 2.75) is 51.9 Å². The fourth-order valence-electron chi connectivity index (χ4n) is 3.36. The van der Waals surface area contributed by atoms with Gasteiger partial charge in [-0.3, -0.25) is 0 Å². The van der Waals surface area contributed by atoms with Crippen LogP contribution < -0.4 is 0 Å². The van der Waals surface area contributed by atoms with E-state index in [-0.39, 0.29) is 11.1 Å². The molecule has 0 aromatic rings. The van der Waals surface area contributed by atoms with E-state index in [1.165, 1.54) is 6.08 Å². The quantitative estimate of drug-likeness (QED) is 0.453. The SMILES string of the molecule is C=C1C(=O)OC2/C=C(\C)CC(O)/C=C(\C)CC(OC(=O)/C(=C/C)CO)C12. The van der Waals surface area contributed by atoms with Crippen LogP contribution in [0.4, 0.5) is 0 Å². The number of allylic oxidation sites excluding steroid dienone is 1. The van der Waals surface area contributed by atoms with Crippen LogP contribution in [0.5, 0.6) is 0 Å². The lowest BCUT2D eigenvalue weighted by atomic mass is 9.85. The average Bonchev–Trinajstić information content (AvgIpc) is 2.81. The Hall–Kier alpha value is -2.18. The van der Waals surface area contributed by atoms with Crippen molar-refractivity contribution >= 4 is 11.9 Å². The average molecular weight is 362 g/mol. The Kier molecular flexibility index (Phi) is 6.56. The molecular weight excluding hydrogens is 336 g/mol. The number of hydrogen-bond acceptors (Lipinski definition) is 6. The second-order valence-electron chi connectivity index (χ2n) is 6.84. The number of rotatable bonds is 3. The van der Waals surface area contributed by atoms with Gasteiger partial charge in [0.25, 0.3) is 0 Å². The van der Waals surface area contributed by atoms with Gasteiger partial charge in [0.15, 0.2) is 0 Å². The van der Waals surface area contributed by atoms with Crippen LogP contribution in [0.1, 0.15) is 33.6 Å². The highest BCUT2D eigenvalue weighted by Gasteiger charge is 2.44. The van der Waals surface area contributed by atoms with Crippen LogP contribution in [0.25, 0.3) is 0 Å². The number of aliphatic hydroxyl groups is 2. The largest absolute Gasteiger partial charge is 0.458 e. The zero-order chi connectivity index (χ0) is 19.4. The van der Waals surface area contributed by atoms with Crippen molar-refractivity contribution in [3.05, 3.63) is 47.1 Å². The number of aliphatic hydroxyl groups excluding tert-OH is 2. The van der Waals surface area contributed by atoms with Gasteiger partial charge in [0.05, 0.1) is 24.2 Å². The maximum absolute atomic E-state index is 12.3. The Bertz CT molecular complexity index is 684. The summed E-state index contributed by atoms with van der Waals surface area (Å²) in [5, 5.41) is 19.4. The summed E-state index contributed by atoms with van der Waals surface area (Å²) in [4.78, 5) is 24.4. The smallest absolute Gasteiger partial charge is 0.336 e. The van der Waals surface area contributed by atoms with Crippen LogP contribution in [-0.2, 0) is 19.1 Å². The van der Waals surface area contributed by atoms with E-state index in [4.69, 9.17) is 9.47 Å². The number of hydrogen-bond donors (Lipinski definition) is 2. The summed E-state index contributed by atoms with van der Waals surface area (Å²) >= 11 is 0. The third-order valence-electron chi connectivity index (χ3n) is 4.68. The molecule has 0 spiro atoms. The minimum Gasteiger partial charge on any atom is -0.458 e. The van der Waals surface area contributed by atoms with Gasteiger partial charge in [-0.05, 0) is 33.3 Å². The normalized spacial score (nSPS) is 34.1. The van der Waals surface area contributed by atoms with Crippen molar-refractivity contribution in [2.75, 3.05) is 6.61 Å². The van der Waals surface area contributed by atoms with Crippen LogP contribution in [-0.4, -0.2) is 47.1 Å². The number of esters is 2. The summed E-state index contributed by atoms with van der Waals surface area (Å²) in [6.07, 6.45) is 3.79. The van der Waals surface area contributed by atoms with Gasteiger partial charge in [-0.25, -0.2) is 9.59 Å². The van der Waals surface area contributed by atoms with Crippen LogP contribution >= 0.6 is 0 Å². The van der Waals surface area contributed by atoms with Gasteiger partial charge in [-0.2, -0.15) is 0 Å². The molecule has 142 valence electrons. The molecule has 0 radical (unpaired) electrons. The molecule has 6 heteroatoms. The zero-order valence-corrected chi connectivity index (χ0v) is 15.4. The van der Waals surface area contributed by atoms with E-state index >= 15 is 0 Å². The second-order valence-corrected chi connectivity index (χ2v) is 6.84. The van der Waals surface area contributed by atoms with Gasteiger partial charge in [-0.1, -0.05) is 29.9 Å². The molecule has 1 heterocycles. The lowest BCUT2D eigenvalue weighted by Crippen LogP contribution is -2.34. The van der Waals surface area contributed by atoms with Gasteiger partial charge in [0.1, 0.15) is 12.2 Å². The molecule has 2 N–H and O–H groups in total. The van der Waals surface area contributed by atoms with Crippen molar-refractivity contribution in [3.63, 3.8) is 0 Å². The molecule has 4 atom stereocenters. The zero-order valence-electron chi connectivity index (χ0n) is 15.4. The lowest BCUT2D eigenvalue weighted by molar-refractivity contribution is -0.147. The molecular formula is C20H26O6. The lowest BCUT2D eigenvalue weighted by Gasteiger charge is -2.28. The van der Waals surface area contributed by atoms with E-state index in [9.17, 15) is 19.8 Å². The first-order valence-corrected chi connectivity index (χ1v) is 8.66. The number of fused-ring (bicyclic) bond motifs is 1. The molecule has 26 heavy (non-hydrogen) atoms. The minimum absolute atomic E-state index is 0.142. The fraction of sp³-hybridized carbons (Fsp3) is 0.500. The molecule has 0 bridgehead atoms. The van der Waals surface area contributed by atoms with Crippen molar-refractivity contribution in [1.82, 2.24) is 0 Å². The fourth-order valence-corrected chi connectivity index (χ4v) is 3.36. The molecule has 2 aliphatic rings. The van der Waals surface area contributed by atoms with Crippen molar-refractivity contribution in [1.29, 1.82) is 0 Å². The molecule has 0 aromatic carbocycles. The highest BCUT2D eigenvalue weighted by atomic mass is 16.6. The maximum Gasteiger partial charge on any atom is 0.336 e. The Balaban J connectivity index is 2.41. The summed E-state index contributed by atoms with van der Waals surface area (Å²) in [5.41, 5.74) is 2.11.